The standard InChI is InChI=1S/C13H13N3S/c1-16-5-4-10(8-16)7-14-11-2-3-12-13(6-11)17-9-15-12/h2-6,8-9,14H,7H2,1H3. The molecule has 0 amide bonds. The zero-order chi connectivity index (χ0) is 11.7. The molecule has 0 fully saturated rings. The van der Waals surface area contributed by atoms with E-state index in [-0.39, 0.29) is 0 Å². The highest BCUT2D eigenvalue weighted by atomic mass is 32.1. The van der Waals surface area contributed by atoms with Crippen molar-refractivity contribution < 1.29 is 0 Å². The van der Waals surface area contributed by atoms with Gasteiger partial charge in [0.05, 0.1) is 15.7 Å². The molecule has 3 aromatic rings. The Hall–Kier alpha value is -1.81. The number of hydrogen-bond acceptors (Lipinski definition) is 3. The first-order valence-electron chi connectivity index (χ1n) is 5.49. The Bertz CT molecular complexity index is 639. The lowest BCUT2D eigenvalue weighted by atomic mass is 10.2. The number of hydrogen-bond donors (Lipinski definition) is 1. The maximum atomic E-state index is 4.27. The molecule has 0 aliphatic carbocycles. The number of thiazole rings is 1. The summed E-state index contributed by atoms with van der Waals surface area (Å²) in [5.74, 6) is 0. The third-order valence-electron chi connectivity index (χ3n) is 2.72. The van der Waals surface area contributed by atoms with Crippen molar-refractivity contribution in [2.75, 3.05) is 5.32 Å². The summed E-state index contributed by atoms with van der Waals surface area (Å²) in [4.78, 5) is 4.27. The smallest absolute Gasteiger partial charge is 0.0813 e. The molecule has 0 saturated carbocycles. The fraction of sp³-hybridized carbons (Fsp3) is 0.154. The average molecular weight is 243 g/mol. The van der Waals surface area contributed by atoms with Crippen LogP contribution in [-0.4, -0.2) is 9.55 Å². The van der Waals surface area contributed by atoms with E-state index in [0.717, 1.165) is 17.7 Å². The van der Waals surface area contributed by atoms with Gasteiger partial charge in [-0.3, -0.25) is 0 Å². The maximum Gasteiger partial charge on any atom is 0.0813 e. The van der Waals surface area contributed by atoms with E-state index < -0.39 is 0 Å². The minimum Gasteiger partial charge on any atom is -0.381 e. The van der Waals surface area contributed by atoms with Crippen molar-refractivity contribution in [3.8, 4) is 0 Å². The molecular weight excluding hydrogens is 230 g/mol. The summed E-state index contributed by atoms with van der Waals surface area (Å²) in [5.41, 5.74) is 5.38. The van der Waals surface area contributed by atoms with Crippen LogP contribution in [0.3, 0.4) is 0 Å². The normalized spacial score (nSPS) is 10.9. The average Bonchev–Trinajstić information content (AvgIpc) is 2.94. The number of benzene rings is 1. The molecule has 3 rings (SSSR count). The van der Waals surface area contributed by atoms with Gasteiger partial charge >= 0.3 is 0 Å². The van der Waals surface area contributed by atoms with Crippen molar-refractivity contribution in [2.45, 2.75) is 6.54 Å². The molecule has 86 valence electrons. The van der Waals surface area contributed by atoms with Gasteiger partial charge < -0.3 is 9.88 Å². The first-order valence-corrected chi connectivity index (χ1v) is 6.37. The van der Waals surface area contributed by atoms with E-state index in [1.165, 1.54) is 10.3 Å². The van der Waals surface area contributed by atoms with E-state index in [1.54, 1.807) is 11.3 Å². The van der Waals surface area contributed by atoms with Gasteiger partial charge in [0.15, 0.2) is 0 Å². The van der Waals surface area contributed by atoms with Crippen LogP contribution in [0.25, 0.3) is 10.2 Å². The second-order valence-corrected chi connectivity index (χ2v) is 4.96. The number of aryl methyl sites for hydroxylation is 1. The Labute approximate surface area is 104 Å². The molecule has 0 saturated heterocycles. The van der Waals surface area contributed by atoms with Crippen molar-refractivity contribution in [3.63, 3.8) is 0 Å². The molecule has 0 bridgehead atoms. The van der Waals surface area contributed by atoms with Crippen molar-refractivity contribution >= 4 is 27.2 Å². The highest BCUT2D eigenvalue weighted by molar-refractivity contribution is 7.16. The molecule has 0 spiro atoms. The fourth-order valence-electron chi connectivity index (χ4n) is 1.83. The molecule has 0 aliphatic rings. The van der Waals surface area contributed by atoms with Crippen LogP contribution in [0, 0.1) is 0 Å². The van der Waals surface area contributed by atoms with Gasteiger partial charge in [0.2, 0.25) is 0 Å². The maximum absolute atomic E-state index is 4.27. The van der Waals surface area contributed by atoms with Crippen LogP contribution in [0.5, 0.6) is 0 Å². The molecule has 4 heteroatoms. The molecule has 17 heavy (non-hydrogen) atoms. The Kier molecular flexibility index (Phi) is 2.57. The molecular formula is C13H13N3S. The number of fused-ring (bicyclic) bond motifs is 1. The number of nitrogens with zero attached hydrogens (tertiary/aromatic N) is 2. The molecule has 3 nitrogen and oxygen atoms in total. The molecule has 1 N–H and O–H groups in total. The zero-order valence-corrected chi connectivity index (χ0v) is 10.4. The van der Waals surface area contributed by atoms with Gasteiger partial charge in [-0.05, 0) is 29.8 Å². The third kappa shape index (κ3) is 2.17. The van der Waals surface area contributed by atoms with Gasteiger partial charge in [0.1, 0.15) is 0 Å². The van der Waals surface area contributed by atoms with Crippen molar-refractivity contribution in [1.29, 1.82) is 0 Å². The Balaban J connectivity index is 1.76. The number of aromatic nitrogens is 2. The first-order chi connectivity index (χ1) is 8.31. The number of nitrogens with one attached hydrogen (secondary N) is 1. The van der Waals surface area contributed by atoms with E-state index in [4.69, 9.17) is 0 Å². The SMILES string of the molecule is Cn1ccc(CNc2ccc3ncsc3c2)c1. The second kappa shape index (κ2) is 4.22. The van der Waals surface area contributed by atoms with E-state index >= 15 is 0 Å². The van der Waals surface area contributed by atoms with Crippen molar-refractivity contribution in [2.24, 2.45) is 7.05 Å². The molecule has 0 radical (unpaired) electrons. The number of anilines is 1. The fourth-order valence-corrected chi connectivity index (χ4v) is 2.55. The van der Waals surface area contributed by atoms with E-state index in [9.17, 15) is 0 Å². The van der Waals surface area contributed by atoms with Gasteiger partial charge in [-0.15, -0.1) is 11.3 Å². The molecule has 2 aromatic heterocycles. The highest BCUT2D eigenvalue weighted by Crippen LogP contribution is 2.22. The monoisotopic (exact) mass is 243 g/mol. The third-order valence-corrected chi connectivity index (χ3v) is 3.51. The van der Waals surface area contributed by atoms with Crippen LogP contribution < -0.4 is 5.32 Å². The van der Waals surface area contributed by atoms with Gasteiger partial charge in [0.25, 0.3) is 0 Å². The second-order valence-electron chi connectivity index (χ2n) is 4.07. The lowest BCUT2D eigenvalue weighted by molar-refractivity contribution is 0.920. The molecule has 2 heterocycles. The summed E-state index contributed by atoms with van der Waals surface area (Å²) in [6, 6.07) is 8.40. The Morgan fingerprint density at radius 1 is 1.35 bits per heavy atom. The Morgan fingerprint density at radius 2 is 2.29 bits per heavy atom. The molecule has 1 aromatic carbocycles. The van der Waals surface area contributed by atoms with Gasteiger partial charge in [-0.1, -0.05) is 0 Å². The van der Waals surface area contributed by atoms with Crippen LogP contribution in [0.1, 0.15) is 5.56 Å². The summed E-state index contributed by atoms with van der Waals surface area (Å²) >= 11 is 1.67. The van der Waals surface area contributed by atoms with E-state index in [1.807, 2.05) is 12.6 Å². The lowest BCUT2D eigenvalue weighted by Gasteiger charge is -2.04. The molecule has 0 atom stereocenters. The topological polar surface area (TPSA) is 29.9 Å². The summed E-state index contributed by atoms with van der Waals surface area (Å²) < 4.78 is 3.28. The van der Waals surface area contributed by atoms with Gasteiger partial charge in [-0.25, -0.2) is 4.98 Å². The predicted octanol–water partition coefficient (Wildman–Crippen LogP) is 3.25. The lowest BCUT2D eigenvalue weighted by Crippen LogP contribution is -1.97. The first kappa shape index (κ1) is 10.4. The number of rotatable bonds is 3. The zero-order valence-electron chi connectivity index (χ0n) is 9.55. The van der Waals surface area contributed by atoms with Gasteiger partial charge in [-0.2, -0.15) is 0 Å². The van der Waals surface area contributed by atoms with Crippen molar-refractivity contribution in [1.82, 2.24) is 9.55 Å². The van der Waals surface area contributed by atoms with Crippen LogP contribution in [0.2, 0.25) is 0 Å². The Morgan fingerprint density at radius 3 is 3.12 bits per heavy atom. The summed E-state index contributed by atoms with van der Waals surface area (Å²) in [6.45, 7) is 0.852. The van der Waals surface area contributed by atoms with Gasteiger partial charge in [0, 0.05) is 31.7 Å². The van der Waals surface area contributed by atoms with Crippen LogP contribution in [0.4, 0.5) is 5.69 Å². The van der Waals surface area contributed by atoms with Crippen LogP contribution >= 0.6 is 11.3 Å². The van der Waals surface area contributed by atoms with E-state index in [0.29, 0.717) is 0 Å². The summed E-state index contributed by atoms with van der Waals surface area (Å²) in [7, 11) is 2.03. The largest absolute Gasteiger partial charge is 0.381 e. The van der Waals surface area contributed by atoms with Crippen molar-refractivity contribution in [3.05, 3.63) is 47.7 Å². The molecule has 0 unspecified atom stereocenters. The summed E-state index contributed by atoms with van der Waals surface area (Å²) in [5, 5.41) is 3.42. The van der Waals surface area contributed by atoms with E-state index in [2.05, 4.69) is 51.5 Å². The quantitative estimate of drug-likeness (QED) is 0.765. The summed E-state index contributed by atoms with van der Waals surface area (Å²) in [6.07, 6.45) is 4.18. The van der Waals surface area contributed by atoms with Crippen LogP contribution in [0.15, 0.2) is 42.2 Å². The minimum absolute atomic E-state index is 0.852. The molecule has 0 aliphatic heterocycles. The van der Waals surface area contributed by atoms with Crippen LogP contribution in [-0.2, 0) is 13.6 Å². The predicted molar refractivity (Wildman–Crippen MR) is 72.4 cm³/mol. The minimum atomic E-state index is 0.852. The highest BCUT2D eigenvalue weighted by Gasteiger charge is 1.99.